The number of esters is 1. The number of amides is 2. The highest BCUT2D eigenvalue weighted by molar-refractivity contribution is 6.10. The Labute approximate surface area is 249 Å². The Morgan fingerprint density at radius 2 is 1.58 bits per heavy atom. The zero-order valence-electron chi connectivity index (χ0n) is 23.8. The van der Waals surface area contributed by atoms with Crippen LogP contribution in [0.25, 0.3) is 5.57 Å². The number of carbonyl (C=O) groups is 4. The molecule has 2 N–H and O–H groups in total. The molecule has 2 atom stereocenters. The van der Waals surface area contributed by atoms with Crippen molar-refractivity contribution in [3.8, 4) is 0 Å². The highest BCUT2D eigenvalue weighted by Gasteiger charge is 2.37. The van der Waals surface area contributed by atoms with Gasteiger partial charge in [-0.3, -0.25) is 19.8 Å². The quantitative estimate of drug-likeness (QED) is 0.311. The second-order valence-corrected chi connectivity index (χ2v) is 10.3. The Morgan fingerprint density at radius 1 is 0.930 bits per heavy atom. The van der Waals surface area contributed by atoms with Gasteiger partial charge in [0.05, 0.1) is 19.7 Å². The topological polar surface area (TPSA) is 123 Å². The average Bonchev–Trinajstić information content (AvgIpc) is 3.64. The van der Waals surface area contributed by atoms with Gasteiger partial charge >= 0.3 is 12.1 Å². The maximum atomic E-state index is 13.5. The van der Waals surface area contributed by atoms with E-state index >= 15 is 0 Å². The molecule has 10 heteroatoms. The summed E-state index contributed by atoms with van der Waals surface area (Å²) in [5, 5.41) is 5.80. The summed E-state index contributed by atoms with van der Waals surface area (Å²) in [6, 6.07) is 25.0. The minimum atomic E-state index is -0.950. The van der Waals surface area contributed by atoms with Gasteiger partial charge in [0.15, 0.2) is 5.78 Å². The number of hydrogen-bond acceptors (Lipinski definition) is 8. The van der Waals surface area contributed by atoms with Crippen molar-refractivity contribution in [1.29, 1.82) is 0 Å². The van der Waals surface area contributed by atoms with Gasteiger partial charge in [0.1, 0.15) is 25.4 Å². The number of benzene rings is 3. The SMILES string of the molecule is CC(=O)NC[C@H]1CN(c2ccc(C3=C(C(=O)COCc4ccccc4)[C@@H](C(=O)OCc4ccccc4)NC3)cc2)C(=O)O1. The molecule has 2 aliphatic rings. The lowest BCUT2D eigenvalue weighted by Crippen LogP contribution is -2.38. The second kappa shape index (κ2) is 13.9. The summed E-state index contributed by atoms with van der Waals surface area (Å²) < 4.78 is 16.7. The highest BCUT2D eigenvalue weighted by Crippen LogP contribution is 2.30. The minimum Gasteiger partial charge on any atom is -0.459 e. The van der Waals surface area contributed by atoms with E-state index in [9.17, 15) is 19.2 Å². The van der Waals surface area contributed by atoms with Crippen LogP contribution >= 0.6 is 0 Å². The van der Waals surface area contributed by atoms with Gasteiger partial charge in [0.25, 0.3) is 0 Å². The van der Waals surface area contributed by atoms with E-state index in [4.69, 9.17) is 14.2 Å². The number of ketones is 1. The molecule has 2 amide bonds. The summed E-state index contributed by atoms with van der Waals surface area (Å²) in [5.74, 6) is -1.06. The van der Waals surface area contributed by atoms with Gasteiger partial charge in [-0.25, -0.2) is 9.59 Å². The van der Waals surface area contributed by atoms with Crippen LogP contribution in [0.3, 0.4) is 0 Å². The van der Waals surface area contributed by atoms with Crippen LogP contribution < -0.4 is 15.5 Å². The fourth-order valence-corrected chi connectivity index (χ4v) is 5.03. The van der Waals surface area contributed by atoms with Crippen LogP contribution in [0.1, 0.15) is 23.6 Å². The molecule has 10 nitrogen and oxygen atoms in total. The van der Waals surface area contributed by atoms with Crippen LogP contribution in [0.15, 0.2) is 90.5 Å². The molecule has 0 spiro atoms. The summed E-state index contributed by atoms with van der Waals surface area (Å²) in [6.07, 6.45) is -0.960. The Morgan fingerprint density at radius 3 is 2.23 bits per heavy atom. The van der Waals surface area contributed by atoms with Crippen LogP contribution in [0.4, 0.5) is 10.5 Å². The maximum Gasteiger partial charge on any atom is 0.414 e. The third kappa shape index (κ3) is 7.54. The van der Waals surface area contributed by atoms with Crippen molar-refractivity contribution in [3.05, 3.63) is 107 Å². The number of cyclic esters (lactones) is 1. The first-order chi connectivity index (χ1) is 20.9. The second-order valence-electron chi connectivity index (χ2n) is 10.3. The lowest BCUT2D eigenvalue weighted by atomic mass is 9.95. The molecule has 2 heterocycles. The number of rotatable bonds is 12. The molecule has 2 aliphatic heterocycles. The number of carbonyl (C=O) groups excluding carboxylic acids is 4. The fraction of sp³-hybridized carbons (Fsp3) is 0.273. The van der Waals surface area contributed by atoms with Crippen molar-refractivity contribution in [1.82, 2.24) is 10.6 Å². The van der Waals surface area contributed by atoms with Crippen LogP contribution in [-0.2, 0) is 41.8 Å². The minimum absolute atomic E-state index is 0.0860. The number of nitrogens with zero attached hydrogens (tertiary/aromatic N) is 1. The molecule has 5 rings (SSSR count). The molecule has 0 radical (unpaired) electrons. The summed E-state index contributed by atoms with van der Waals surface area (Å²) in [7, 11) is 0. The Kier molecular flexibility index (Phi) is 9.60. The molecule has 0 aromatic heterocycles. The van der Waals surface area contributed by atoms with Gasteiger partial charge < -0.3 is 19.5 Å². The van der Waals surface area contributed by atoms with Crippen LogP contribution in [-0.4, -0.2) is 62.1 Å². The van der Waals surface area contributed by atoms with Crippen molar-refractivity contribution in [3.63, 3.8) is 0 Å². The first-order valence-electron chi connectivity index (χ1n) is 14.0. The molecule has 3 aromatic rings. The maximum absolute atomic E-state index is 13.5. The normalized spacial score (nSPS) is 18.0. The van der Waals surface area contributed by atoms with Crippen molar-refractivity contribution < 1.29 is 33.4 Å². The van der Waals surface area contributed by atoms with Crippen molar-refractivity contribution >= 4 is 35.0 Å². The Balaban J connectivity index is 1.33. The number of hydrogen-bond donors (Lipinski definition) is 2. The molecule has 3 aromatic carbocycles. The van der Waals surface area contributed by atoms with Crippen molar-refractivity contribution in [2.24, 2.45) is 0 Å². The summed E-state index contributed by atoms with van der Waals surface area (Å²) in [5.41, 5.74) is 4.08. The average molecular weight is 584 g/mol. The monoisotopic (exact) mass is 583 g/mol. The smallest absolute Gasteiger partial charge is 0.414 e. The summed E-state index contributed by atoms with van der Waals surface area (Å²) in [4.78, 5) is 51.9. The van der Waals surface area contributed by atoms with E-state index in [0.29, 0.717) is 23.4 Å². The van der Waals surface area contributed by atoms with Crippen molar-refractivity contribution in [2.75, 3.05) is 31.1 Å². The van der Waals surface area contributed by atoms with E-state index < -0.39 is 24.2 Å². The summed E-state index contributed by atoms with van der Waals surface area (Å²) >= 11 is 0. The van der Waals surface area contributed by atoms with E-state index in [2.05, 4.69) is 10.6 Å². The van der Waals surface area contributed by atoms with E-state index in [-0.39, 0.29) is 44.6 Å². The Hall–Kier alpha value is -4.80. The molecule has 0 bridgehead atoms. The third-order valence-corrected chi connectivity index (χ3v) is 7.18. The van der Waals surface area contributed by atoms with Gasteiger partial charge in [-0.15, -0.1) is 0 Å². The first kappa shape index (κ1) is 29.7. The van der Waals surface area contributed by atoms with E-state index in [1.807, 2.05) is 60.7 Å². The van der Waals surface area contributed by atoms with Gasteiger partial charge in [0, 0.05) is 24.7 Å². The van der Waals surface area contributed by atoms with Crippen LogP contribution in [0.2, 0.25) is 0 Å². The van der Waals surface area contributed by atoms with Crippen molar-refractivity contribution in [2.45, 2.75) is 32.3 Å². The predicted molar refractivity (Wildman–Crippen MR) is 159 cm³/mol. The largest absolute Gasteiger partial charge is 0.459 e. The first-order valence-corrected chi connectivity index (χ1v) is 14.0. The molecule has 222 valence electrons. The summed E-state index contributed by atoms with van der Waals surface area (Å²) in [6.45, 7) is 2.34. The Bertz CT molecular complexity index is 1490. The van der Waals surface area contributed by atoms with E-state index in [1.54, 1.807) is 24.3 Å². The number of nitrogens with one attached hydrogen (secondary N) is 2. The van der Waals surface area contributed by atoms with E-state index in [0.717, 1.165) is 16.7 Å². The zero-order chi connectivity index (χ0) is 30.2. The van der Waals surface area contributed by atoms with Gasteiger partial charge in [-0.2, -0.15) is 0 Å². The molecule has 1 fully saturated rings. The predicted octanol–water partition coefficient (Wildman–Crippen LogP) is 3.40. The lowest BCUT2D eigenvalue weighted by Gasteiger charge is -2.16. The molecule has 0 saturated carbocycles. The standard InChI is InChI=1S/C33H33N3O7/c1-22(37)34-16-27-18-36(33(40)43-27)26-14-12-25(13-15-26)28-17-35-31(32(39)42-20-24-10-6-3-7-11-24)30(28)29(38)21-41-19-23-8-4-2-5-9-23/h2-15,27,31,35H,16-21H2,1H3,(H,34,37)/t27-,31-/m0/s1. The molecule has 43 heavy (non-hydrogen) atoms. The van der Waals surface area contributed by atoms with Gasteiger partial charge in [-0.1, -0.05) is 72.8 Å². The van der Waals surface area contributed by atoms with Crippen LogP contribution in [0.5, 0.6) is 0 Å². The molecule has 1 saturated heterocycles. The van der Waals surface area contributed by atoms with E-state index in [1.165, 1.54) is 11.8 Å². The van der Waals surface area contributed by atoms with Gasteiger partial charge in [-0.05, 0) is 34.4 Å². The molecule has 0 unspecified atom stereocenters. The highest BCUT2D eigenvalue weighted by atomic mass is 16.6. The molecular formula is C33H33N3O7. The van der Waals surface area contributed by atoms with Crippen LogP contribution in [0, 0.1) is 0 Å². The molecule has 0 aliphatic carbocycles. The third-order valence-electron chi connectivity index (χ3n) is 7.18. The number of anilines is 1. The fourth-order valence-electron chi connectivity index (χ4n) is 5.03. The number of Topliss-reactive ketones (excluding diaryl/α,β-unsaturated/α-hetero) is 1. The van der Waals surface area contributed by atoms with Gasteiger partial charge in [0.2, 0.25) is 5.91 Å². The molecular weight excluding hydrogens is 550 g/mol. The lowest BCUT2D eigenvalue weighted by molar-refractivity contribution is -0.147. The number of ether oxygens (including phenoxy) is 3. The zero-order valence-corrected chi connectivity index (χ0v) is 23.8.